The first kappa shape index (κ1) is 24.6. The molecule has 33 heavy (non-hydrogen) atoms. The predicted octanol–water partition coefficient (Wildman–Crippen LogP) is 2.35. The summed E-state index contributed by atoms with van der Waals surface area (Å²) in [4.78, 5) is 21.3. The fourth-order valence-electron chi connectivity index (χ4n) is 3.07. The summed E-state index contributed by atoms with van der Waals surface area (Å²) in [5.74, 6) is -5.09. The first-order chi connectivity index (χ1) is 15.8. The molecule has 0 amide bonds. The van der Waals surface area contributed by atoms with E-state index in [2.05, 4.69) is 14.7 Å². The van der Waals surface area contributed by atoms with Gasteiger partial charge in [-0.2, -0.15) is 0 Å². The van der Waals surface area contributed by atoms with Crippen LogP contribution in [-0.2, 0) is 22.0 Å². The molecule has 2 aromatic carbocycles. The molecule has 1 aromatic heterocycles. The van der Waals surface area contributed by atoms with Crippen LogP contribution in [-0.4, -0.2) is 51.0 Å². The number of ether oxygens (including phenoxy) is 2. The molecule has 3 rings (SSSR count). The Hall–Kier alpha value is -3.09. The van der Waals surface area contributed by atoms with Gasteiger partial charge in [-0.25, -0.2) is 36.3 Å². The lowest BCUT2D eigenvalue weighted by Crippen LogP contribution is -2.15. The van der Waals surface area contributed by atoms with Crippen molar-refractivity contribution in [3.8, 4) is 5.88 Å². The van der Waals surface area contributed by atoms with Gasteiger partial charge in [-0.3, -0.25) is 4.79 Å². The Morgan fingerprint density at radius 3 is 2.61 bits per heavy atom. The number of ketones is 1. The minimum Gasteiger partial charge on any atom is -0.474 e. The van der Waals surface area contributed by atoms with Gasteiger partial charge in [0.15, 0.2) is 17.4 Å². The number of aromatic nitrogens is 2. The fraction of sp³-hybridized carbons (Fsp3) is 0.286. The van der Waals surface area contributed by atoms with Crippen molar-refractivity contribution in [2.75, 3.05) is 26.9 Å². The average Bonchev–Trinajstić information content (AvgIpc) is 2.79. The molecule has 0 aliphatic carbocycles. The summed E-state index contributed by atoms with van der Waals surface area (Å²) in [6.07, 6.45) is 1.40. The monoisotopic (exact) mass is 483 g/mol. The summed E-state index contributed by atoms with van der Waals surface area (Å²) in [5.41, 5.74) is -0.741. The second-order valence-electron chi connectivity index (χ2n) is 6.87. The lowest BCUT2D eigenvalue weighted by atomic mass is 9.97. The van der Waals surface area contributed by atoms with Gasteiger partial charge in [-0.05, 0) is 42.7 Å². The van der Waals surface area contributed by atoms with Crippen molar-refractivity contribution in [2.24, 2.45) is 0 Å². The minimum atomic E-state index is -2.83. The molecule has 0 fully saturated rings. The zero-order valence-electron chi connectivity index (χ0n) is 17.4. The molecule has 0 radical (unpaired) electrons. The number of aryl methyl sites for hydroxylation is 1. The summed E-state index contributed by atoms with van der Waals surface area (Å²) >= 11 is 0. The normalized spacial score (nSPS) is 11.3. The summed E-state index contributed by atoms with van der Waals surface area (Å²) in [7, 11) is -1.32. The number of nitrogens with one attached hydrogen (secondary N) is 1. The lowest BCUT2D eigenvalue weighted by molar-refractivity contribution is 0.102. The third-order valence-electron chi connectivity index (χ3n) is 4.64. The molecule has 8 nitrogen and oxygen atoms in total. The van der Waals surface area contributed by atoms with Crippen LogP contribution in [0.25, 0.3) is 11.0 Å². The summed E-state index contributed by atoms with van der Waals surface area (Å²) in [6.45, 7) is 0.529. The van der Waals surface area contributed by atoms with Crippen molar-refractivity contribution >= 4 is 27.7 Å². The predicted molar refractivity (Wildman–Crippen MR) is 113 cm³/mol. The molecule has 0 unspecified atom stereocenters. The second-order valence-corrected chi connectivity index (χ2v) is 7.70. The number of benzene rings is 2. The quantitative estimate of drug-likeness (QED) is 0.187. The second kappa shape index (κ2) is 11.2. The number of hydrogen-bond acceptors (Lipinski definition) is 7. The van der Waals surface area contributed by atoms with Gasteiger partial charge in [-0.1, -0.05) is 0 Å². The van der Waals surface area contributed by atoms with E-state index < -0.39 is 39.7 Å². The summed E-state index contributed by atoms with van der Waals surface area (Å²) in [6, 6.07) is 4.70. The summed E-state index contributed by atoms with van der Waals surface area (Å²) < 4.78 is 77.0. The summed E-state index contributed by atoms with van der Waals surface area (Å²) in [5, 5.41) is 0. The molecular formula is C21H20F3N3O5S. The Bertz CT molecular complexity index is 1250. The number of rotatable bonds is 11. The van der Waals surface area contributed by atoms with Crippen molar-refractivity contribution in [1.82, 2.24) is 14.7 Å². The molecule has 0 saturated heterocycles. The van der Waals surface area contributed by atoms with Crippen LogP contribution in [0.5, 0.6) is 5.88 Å². The van der Waals surface area contributed by atoms with Crippen LogP contribution >= 0.6 is 0 Å². The number of nitrogens with zero attached hydrogens (tertiary/aromatic N) is 2. The zero-order chi connectivity index (χ0) is 24.0. The van der Waals surface area contributed by atoms with E-state index in [1.165, 1.54) is 31.5 Å². The lowest BCUT2D eigenvalue weighted by Gasteiger charge is -2.11. The molecule has 0 atom stereocenters. The molecule has 1 heterocycles. The molecule has 0 aliphatic rings. The van der Waals surface area contributed by atoms with Gasteiger partial charge in [-0.15, -0.1) is 0 Å². The maximum Gasteiger partial charge on any atom is 0.232 e. The SMILES string of the molecule is COCCOc1cnc2ccc(C(=O)c3c(F)c(F)cc(CCCN[SH](=O)=O)c3F)cc2n1. The van der Waals surface area contributed by atoms with E-state index in [0.717, 1.165) is 0 Å². The molecule has 1 N–H and O–H groups in total. The number of carbonyl (C=O) groups excluding carboxylic acids is 1. The van der Waals surface area contributed by atoms with Gasteiger partial charge < -0.3 is 9.47 Å². The highest BCUT2D eigenvalue weighted by atomic mass is 32.2. The Morgan fingerprint density at radius 2 is 1.88 bits per heavy atom. The van der Waals surface area contributed by atoms with Gasteiger partial charge in [0.2, 0.25) is 16.8 Å². The first-order valence-electron chi connectivity index (χ1n) is 9.79. The Labute approximate surface area is 188 Å². The largest absolute Gasteiger partial charge is 0.474 e. The van der Waals surface area contributed by atoms with Crippen molar-refractivity contribution < 1.29 is 35.9 Å². The number of thiol groups is 1. The van der Waals surface area contributed by atoms with Crippen LogP contribution in [0.4, 0.5) is 13.2 Å². The fourth-order valence-corrected chi connectivity index (χ4v) is 3.41. The van der Waals surface area contributed by atoms with Crippen LogP contribution < -0.4 is 9.46 Å². The molecule has 0 aliphatic heterocycles. The van der Waals surface area contributed by atoms with Gasteiger partial charge in [0.25, 0.3) is 0 Å². The molecule has 176 valence electrons. The highest BCUT2D eigenvalue weighted by Crippen LogP contribution is 2.25. The molecule has 12 heteroatoms. The minimum absolute atomic E-state index is 0.0153. The van der Waals surface area contributed by atoms with Crippen LogP contribution in [0.2, 0.25) is 0 Å². The topological polar surface area (TPSA) is 107 Å². The highest BCUT2D eigenvalue weighted by Gasteiger charge is 2.25. The van der Waals surface area contributed by atoms with Gasteiger partial charge in [0, 0.05) is 19.2 Å². The Morgan fingerprint density at radius 1 is 1.09 bits per heavy atom. The van der Waals surface area contributed by atoms with E-state index in [-0.39, 0.29) is 48.5 Å². The molecule has 3 aromatic rings. The van der Waals surface area contributed by atoms with Crippen molar-refractivity contribution in [3.05, 3.63) is 64.6 Å². The number of carbonyl (C=O) groups is 1. The third-order valence-corrected chi connectivity index (χ3v) is 5.12. The van der Waals surface area contributed by atoms with Crippen molar-refractivity contribution in [1.29, 1.82) is 0 Å². The molecule has 0 bridgehead atoms. The van der Waals surface area contributed by atoms with E-state index in [4.69, 9.17) is 9.47 Å². The van der Waals surface area contributed by atoms with Crippen molar-refractivity contribution in [3.63, 3.8) is 0 Å². The average molecular weight is 483 g/mol. The number of hydrogen-bond donors (Lipinski definition) is 2. The van der Waals surface area contributed by atoms with Crippen LogP contribution in [0.3, 0.4) is 0 Å². The number of halogens is 3. The standard InChI is InChI=1S/C21H20F3N3O5S/c1-31-7-8-32-17-11-25-15-5-4-13(10-16(15)27-17)21(28)18-19(23)12(9-14(22)20(18)24)3-2-6-26-33(29)30/h4-5,9-11,33H,2-3,6-8H2,1H3,(H,26,29,30). The Balaban J connectivity index is 1.91. The van der Waals surface area contributed by atoms with Crippen LogP contribution in [0.15, 0.2) is 30.5 Å². The third kappa shape index (κ3) is 6.03. The molecule has 0 spiro atoms. The molecular weight excluding hydrogens is 463 g/mol. The first-order valence-corrected chi connectivity index (χ1v) is 11.0. The van der Waals surface area contributed by atoms with Gasteiger partial charge >= 0.3 is 0 Å². The van der Waals surface area contributed by atoms with E-state index in [1.54, 1.807) is 0 Å². The maximum atomic E-state index is 15.0. The van der Waals surface area contributed by atoms with Gasteiger partial charge in [0.1, 0.15) is 12.4 Å². The smallest absolute Gasteiger partial charge is 0.232 e. The maximum absolute atomic E-state index is 15.0. The van der Waals surface area contributed by atoms with Gasteiger partial charge in [0.05, 0.1) is 29.4 Å². The zero-order valence-corrected chi connectivity index (χ0v) is 18.3. The van der Waals surface area contributed by atoms with E-state index in [0.29, 0.717) is 18.2 Å². The van der Waals surface area contributed by atoms with Crippen LogP contribution in [0, 0.1) is 17.5 Å². The number of fused-ring (bicyclic) bond motifs is 1. The highest BCUT2D eigenvalue weighted by molar-refractivity contribution is 7.70. The number of methoxy groups -OCH3 is 1. The van der Waals surface area contributed by atoms with E-state index >= 15 is 0 Å². The van der Waals surface area contributed by atoms with E-state index in [9.17, 15) is 26.4 Å². The van der Waals surface area contributed by atoms with E-state index in [1.807, 2.05) is 0 Å². The van der Waals surface area contributed by atoms with Crippen LogP contribution in [0.1, 0.15) is 27.9 Å². The van der Waals surface area contributed by atoms with Crippen molar-refractivity contribution in [2.45, 2.75) is 12.8 Å². The molecule has 0 saturated carbocycles. The Kier molecular flexibility index (Phi) is 8.31.